The van der Waals surface area contributed by atoms with Crippen molar-refractivity contribution in [3.05, 3.63) is 0 Å². The van der Waals surface area contributed by atoms with E-state index in [1.165, 1.54) is 25.7 Å². The monoisotopic (exact) mass is 152 g/mol. The molecule has 2 heteroatoms. The Hall–Kier alpha value is -0.530. The lowest BCUT2D eigenvalue weighted by Crippen LogP contribution is -2.34. The lowest BCUT2D eigenvalue weighted by molar-refractivity contribution is 0.264. The molecule has 0 amide bonds. The highest BCUT2D eigenvalue weighted by Gasteiger charge is 2.30. The summed E-state index contributed by atoms with van der Waals surface area (Å²) in [4.78, 5) is 0. The Labute approximate surface area is 68.1 Å². The number of fused-ring (bicyclic) bond motifs is 1. The van der Waals surface area contributed by atoms with Crippen molar-refractivity contribution in [3.8, 4) is 0 Å². The third kappa shape index (κ3) is 1.26. The smallest absolute Gasteiger partial charge is 0.0520 e. The second-order valence-corrected chi connectivity index (χ2v) is 3.76. The van der Waals surface area contributed by atoms with Crippen LogP contribution < -0.4 is 5.43 Å². The number of nitrogens with zero attached hydrogens (tertiary/aromatic N) is 1. The van der Waals surface area contributed by atoms with Crippen LogP contribution in [0, 0.1) is 11.8 Å². The predicted molar refractivity (Wildman–Crippen MR) is 46.5 cm³/mol. The van der Waals surface area contributed by atoms with E-state index < -0.39 is 0 Å². The summed E-state index contributed by atoms with van der Waals surface area (Å²) in [5.41, 5.74) is 3.19. The summed E-state index contributed by atoms with van der Waals surface area (Å²) < 4.78 is 0. The van der Waals surface area contributed by atoms with Crippen molar-refractivity contribution in [2.75, 3.05) is 0 Å². The summed E-state index contributed by atoms with van der Waals surface area (Å²) in [5.74, 6) is 1.70. The van der Waals surface area contributed by atoms with Gasteiger partial charge in [0.25, 0.3) is 0 Å². The Morgan fingerprint density at radius 3 is 3.27 bits per heavy atom. The predicted octanol–water partition coefficient (Wildman–Crippen LogP) is 1.77. The molecule has 1 saturated carbocycles. The van der Waals surface area contributed by atoms with Crippen molar-refractivity contribution in [1.82, 2.24) is 5.43 Å². The van der Waals surface area contributed by atoms with Gasteiger partial charge >= 0.3 is 0 Å². The van der Waals surface area contributed by atoms with E-state index in [2.05, 4.69) is 23.7 Å². The SMILES string of the molecule is CCC1CCC2C=NNC2C1. The largest absolute Gasteiger partial charge is 0.307 e. The molecule has 2 aliphatic rings. The van der Waals surface area contributed by atoms with E-state index in [1.807, 2.05) is 0 Å². The molecule has 0 spiro atoms. The molecule has 2 nitrogen and oxygen atoms in total. The molecule has 0 radical (unpaired) electrons. The van der Waals surface area contributed by atoms with Gasteiger partial charge in [-0.15, -0.1) is 0 Å². The Kier molecular flexibility index (Phi) is 1.84. The summed E-state index contributed by atoms with van der Waals surface area (Å²) in [6.07, 6.45) is 7.52. The maximum absolute atomic E-state index is 4.12. The summed E-state index contributed by atoms with van der Waals surface area (Å²) in [6, 6.07) is 0.675. The number of nitrogens with one attached hydrogen (secondary N) is 1. The summed E-state index contributed by atoms with van der Waals surface area (Å²) >= 11 is 0. The van der Waals surface area contributed by atoms with E-state index in [1.54, 1.807) is 0 Å². The molecular formula is C9H16N2. The van der Waals surface area contributed by atoms with E-state index in [4.69, 9.17) is 0 Å². The summed E-state index contributed by atoms with van der Waals surface area (Å²) in [6.45, 7) is 2.29. The minimum atomic E-state index is 0.675. The highest BCUT2D eigenvalue weighted by atomic mass is 15.3. The second kappa shape index (κ2) is 2.84. The van der Waals surface area contributed by atoms with Crippen molar-refractivity contribution < 1.29 is 0 Å². The highest BCUT2D eigenvalue weighted by Crippen LogP contribution is 2.31. The fraction of sp³-hybridized carbons (Fsp3) is 0.889. The number of rotatable bonds is 1. The molecule has 1 aliphatic carbocycles. The molecule has 11 heavy (non-hydrogen) atoms. The topological polar surface area (TPSA) is 24.4 Å². The molecular weight excluding hydrogens is 136 g/mol. The Morgan fingerprint density at radius 1 is 1.55 bits per heavy atom. The normalized spacial score (nSPS) is 41.7. The van der Waals surface area contributed by atoms with Gasteiger partial charge in [-0.25, -0.2) is 0 Å². The molecule has 3 unspecified atom stereocenters. The average molecular weight is 152 g/mol. The molecule has 62 valence electrons. The van der Waals surface area contributed by atoms with Gasteiger partial charge in [-0.2, -0.15) is 5.10 Å². The van der Waals surface area contributed by atoms with Gasteiger partial charge in [0.05, 0.1) is 6.04 Å². The molecule has 0 bridgehead atoms. The summed E-state index contributed by atoms with van der Waals surface area (Å²) in [7, 11) is 0. The zero-order chi connectivity index (χ0) is 7.68. The van der Waals surface area contributed by atoms with E-state index in [-0.39, 0.29) is 0 Å². The lowest BCUT2D eigenvalue weighted by atomic mass is 9.78. The van der Waals surface area contributed by atoms with Crippen LogP contribution in [0.3, 0.4) is 0 Å². The van der Waals surface area contributed by atoms with Crippen LogP contribution in [-0.4, -0.2) is 12.3 Å². The lowest BCUT2D eigenvalue weighted by Gasteiger charge is -2.29. The van der Waals surface area contributed by atoms with Crippen molar-refractivity contribution in [2.24, 2.45) is 16.9 Å². The summed E-state index contributed by atoms with van der Waals surface area (Å²) in [5, 5.41) is 4.12. The van der Waals surface area contributed by atoms with E-state index >= 15 is 0 Å². The second-order valence-electron chi connectivity index (χ2n) is 3.76. The molecule has 0 aromatic heterocycles. The molecule has 1 fully saturated rings. The molecule has 3 atom stereocenters. The van der Waals surface area contributed by atoms with Crippen LogP contribution in [0.1, 0.15) is 32.6 Å². The quantitative estimate of drug-likeness (QED) is 0.608. The zero-order valence-electron chi connectivity index (χ0n) is 7.09. The van der Waals surface area contributed by atoms with Crippen molar-refractivity contribution in [1.29, 1.82) is 0 Å². The van der Waals surface area contributed by atoms with E-state index in [9.17, 15) is 0 Å². The van der Waals surface area contributed by atoms with Gasteiger partial charge in [-0.1, -0.05) is 13.3 Å². The zero-order valence-corrected chi connectivity index (χ0v) is 7.09. The fourth-order valence-corrected chi connectivity index (χ4v) is 2.21. The van der Waals surface area contributed by atoms with Crippen LogP contribution in [0.15, 0.2) is 5.10 Å². The van der Waals surface area contributed by atoms with Crippen molar-refractivity contribution in [3.63, 3.8) is 0 Å². The van der Waals surface area contributed by atoms with E-state index in [0.29, 0.717) is 6.04 Å². The third-order valence-electron chi connectivity index (χ3n) is 3.10. The van der Waals surface area contributed by atoms with Crippen LogP contribution in [0.5, 0.6) is 0 Å². The molecule has 0 aromatic carbocycles. The molecule has 1 aliphatic heterocycles. The first-order valence-electron chi connectivity index (χ1n) is 4.69. The van der Waals surface area contributed by atoms with Gasteiger partial charge in [0.15, 0.2) is 0 Å². The number of hydrogen-bond acceptors (Lipinski definition) is 2. The van der Waals surface area contributed by atoms with Gasteiger partial charge < -0.3 is 5.43 Å². The fourth-order valence-electron chi connectivity index (χ4n) is 2.21. The standard InChI is InChI=1S/C9H16N2/c1-2-7-3-4-8-6-10-11-9(8)5-7/h6-9,11H,2-5H2,1H3. The van der Waals surface area contributed by atoms with Crippen LogP contribution in [0.2, 0.25) is 0 Å². The molecule has 0 saturated heterocycles. The highest BCUT2D eigenvalue weighted by molar-refractivity contribution is 5.63. The van der Waals surface area contributed by atoms with Crippen LogP contribution in [0.25, 0.3) is 0 Å². The number of hydrogen-bond donors (Lipinski definition) is 1. The van der Waals surface area contributed by atoms with Crippen LogP contribution in [-0.2, 0) is 0 Å². The first kappa shape index (κ1) is 7.14. The first-order valence-corrected chi connectivity index (χ1v) is 4.69. The van der Waals surface area contributed by atoms with Crippen molar-refractivity contribution >= 4 is 6.21 Å². The van der Waals surface area contributed by atoms with Crippen LogP contribution >= 0.6 is 0 Å². The maximum Gasteiger partial charge on any atom is 0.0520 e. The average Bonchev–Trinajstić information content (AvgIpc) is 2.50. The van der Waals surface area contributed by atoms with Gasteiger partial charge in [-0.3, -0.25) is 0 Å². The Bertz CT molecular complexity index is 165. The molecule has 0 aromatic rings. The minimum Gasteiger partial charge on any atom is -0.307 e. The Morgan fingerprint density at radius 2 is 2.45 bits per heavy atom. The molecule has 1 heterocycles. The minimum absolute atomic E-state index is 0.675. The molecule has 1 N–H and O–H groups in total. The van der Waals surface area contributed by atoms with Gasteiger partial charge in [-0.05, 0) is 25.2 Å². The maximum atomic E-state index is 4.12. The Balaban J connectivity index is 1.94. The van der Waals surface area contributed by atoms with E-state index in [0.717, 1.165) is 11.8 Å². The van der Waals surface area contributed by atoms with Gasteiger partial charge in [0.2, 0.25) is 0 Å². The van der Waals surface area contributed by atoms with Gasteiger partial charge in [0.1, 0.15) is 0 Å². The van der Waals surface area contributed by atoms with Crippen LogP contribution in [0.4, 0.5) is 0 Å². The first-order chi connectivity index (χ1) is 5.40. The van der Waals surface area contributed by atoms with Crippen molar-refractivity contribution in [2.45, 2.75) is 38.6 Å². The van der Waals surface area contributed by atoms with Gasteiger partial charge in [0, 0.05) is 12.1 Å². The third-order valence-corrected chi connectivity index (χ3v) is 3.10. The number of hydrazone groups is 1. The molecule has 2 rings (SSSR count).